The Labute approximate surface area is 150 Å². The third-order valence-corrected chi connectivity index (χ3v) is 4.54. The minimum absolute atomic E-state index is 0.557. The summed E-state index contributed by atoms with van der Waals surface area (Å²) < 4.78 is 11.0. The van der Waals surface area contributed by atoms with Crippen molar-refractivity contribution in [1.29, 1.82) is 0 Å². The topological polar surface area (TPSA) is 48.2 Å². The molecule has 2 aromatic carbocycles. The summed E-state index contributed by atoms with van der Waals surface area (Å²) in [7, 11) is 0. The fraction of sp³-hybridized carbons (Fsp3) is 0.222. The van der Waals surface area contributed by atoms with Gasteiger partial charge in [-0.3, -0.25) is 0 Å². The van der Waals surface area contributed by atoms with E-state index in [1.54, 1.807) is 11.8 Å². The van der Waals surface area contributed by atoms with Crippen LogP contribution in [0.3, 0.4) is 0 Å². The fourth-order valence-electron chi connectivity index (χ4n) is 2.19. The Bertz CT molecular complexity index is 790. The SMILES string of the molecule is CCOc1ccccc1-c1noc(CSCc2ccc(Cl)cc2)n1. The van der Waals surface area contributed by atoms with E-state index in [1.165, 1.54) is 5.56 Å². The average molecular weight is 361 g/mol. The monoisotopic (exact) mass is 360 g/mol. The molecule has 0 aliphatic carbocycles. The van der Waals surface area contributed by atoms with Gasteiger partial charge in [0.25, 0.3) is 0 Å². The Morgan fingerprint density at radius 2 is 1.88 bits per heavy atom. The van der Waals surface area contributed by atoms with Gasteiger partial charge in [0.1, 0.15) is 5.75 Å². The van der Waals surface area contributed by atoms with Crippen LogP contribution in [-0.2, 0) is 11.5 Å². The van der Waals surface area contributed by atoms with Gasteiger partial charge in [0, 0.05) is 10.8 Å². The summed E-state index contributed by atoms with van der Waals surface area (Å²) in [4.78, 5) is 4.47. The molecule has 0 amide bonds. The fourth-order valence-corrected chi connectivity index (χ4v) is 3.14. The molecule has 0 saturated carbocycles. The number of hydrogen-bond donors (Lipinski definition) is 0. The normalized spacial score (nSPS) is 10.8. The van der Waals surface area contributed by atoms with Crippen LogP contribution < -0.4 is 4.74 Å². The van der Waals surface area contributed by atoms with Gasteiger partial charge in [0.05, 0.1) is 17.9 Å². The molecule has 0 saturated heterocycles. The van der Waals surface area contributed by atoms with Gasteiger partial charge in [-0.05, 0) is 36.8 Å². The number of rotatable bonds is 7. The highest BCUT2D eigenvalue weighted by atomic mass is 35.5. The van der Waals surface area contributed by atoms with Crippen LogP contribution in [-0.4, -0.2) is 16.7 Å². The van der Waals surface area contributed by atoms with E-state index in [0.29, 0.717) is 24.1 Å². The Morgan fingerprint density at radius 1 is 1.08 bits per heavy atom. The zero-order valence-corrected chi connectivity index (χ0v) is 14.8. The van der Waals surface area contributed by atoms with Crippen molar-refractivity contribution in [2.45, 2.75) is 18.4 Å². The lowest BCUT2D eigenvalue weighted by atomic mass is 10.2. The first-order valence-corrected chi connectivity index (χ1v) is 9.16. The van der Waals surface area contributed by atoms with Crippen LogP contribution in [0.2, 0.25) is 5.02 Å². The molecule has 24 heavy (non-hydrogen) atoms. The molecule has 1 aromatic heterocycles. The van der Waals surface area contributed by atoms with E-state index in [2.05, 4.69) is 10.1 Å². The standard InChI is InChI=1S/C18H17ClN2O2S/c1-2-22-16-6-4-3-5-15(16)18-20-17(23-21-18)12-24-11-13-7-9-14(19)10-8-13/h3-10H,2,11-12H2,1H3. The molecule has 0 spiro atoms. The maximum Gasteiger partial charge on any atom is 0.236 e. The van der Waals surface area contributed by atoms with Crippen LogP contribution in [0.15, 0.2) is 53.1 Å². The van der Waals surface area contributed by atoms with Gasteiger partial charge in [0.2, 0.25) is 11.7 Å². The highest BCUT2D eigenvalue weighted by Crippen LogP contribution is 2.28. The Balaban J connectivity index is 1.62. The summed E-state index contributed by atoms with van der Waals surface area (Å²) in [6, 6.07) is 15.5. The summed E-state index contributed by atoms with van der Waals surface area (Å²) in [5, 5.41) is 4.82. The van der Waals surface area contributed by atoms with Crippen molar-refractivity contribution in [2.24, 2.45) is 0 Å². The molecule has 1 heterocycles. The second kappa shape index (κ2) is 8.22. The predicted octanol–water partition coefficient (Wildman–Crippen LogP) is 5.22. The van der Waals surface area contributed by atoms with Crippen molar-refractivity contribution in [3.63, 3.8) is 0 Å². The minimum Gasteiger partial charge on any atom is -0.493 e. The van der Waals surface area contributed by atoms with E-state index < -0.39 is 0 Å². The minimum atomic E-state index is 0.557. The van der Waals surface area contributed by atoms with E-state index in [-0.39, 0.29) is 0 Å². The molecule has 0 N–H and O–H groups in total. The number of thioether (sulfide) groups is 1. The molecule has 0 radical (unpaired) electrons. The largest absolute Gasteiger partial charge is 0.493 e. The lowest BCUT2D eigenvalue weighted by Gasteiger charge is -2.05. The van der Waals surface area contributed by atoms with Crippen molar-refractivity contribution < 1.29 is 9.26 Å². The van der Waals surface area contributed by atoms with Gasteiger partial charge >= 0.3 is 0 Å². The van der Waals surface area contributed by atoms with Crippen molar-refractivity contribution in [2.75, 3.05) is 6.61 Å². The Hall–Kier alpha value is -1.98. The first kappa shape index (κ1) is 16.9. The van der Waals surface area contributed by atoms with Gasteiger partial charge in [0.15, 0.2) is 0 Å². The summed E-state index contributed by atoms with van der Waals surface area (Å²) in [6.07, 6.45) is 0. The summed E-state index contributed by atoms with van der Waals surface area (Å²) >= 11 is 7.61. The molecule has 0 bridgehead atoms. The Kier molecular flexibility index (Phi) is 5.77. The molecule has 0 unspecified atom stereocenters. The number of ether oxygens (including phenoxy) is 1. The first-order valence-electron chi connectivity index (χ1n) is 7.63. The lowest BCUT2D eigenvalue weighted by Crippen LogP contribution is -1.94. The quantitative estimate of drug-likeness (QED) is 0.578. The molecule has 124 valence electrons. The smallest absolute Gasteiger partial charge is 0.236 e. The number of para-hydroxylation sites is 1. The van der Waals surface area contributed by atoms with Crippen molar-refractivity contribution in [3.05, 3.63) is 65.0 Å². The third-order valence-electron chi connectivity index (χ3n) is 3.30. The van der Waals surface area contributed by atoms with E-state index in [4.69, 9.17) is 20.9 Å². The van der Waals surface area contributed by atoms with Crippen LogP contribution in [0.4, 0.5) is 0 Å². The predicted molar refractivity (Wildman–Crippen MR) is 97.4 cm³/mol. The number of hydrogen-bond acceptors (Lipinski definition) is 5. The molecule has 4 nitrogen and oxygen atoms in total. The maximum atomic E-state index is 5.89. The first-order chi connectivity index (χ1) is 11.8. The van der Waals surface area contributed by atoms with Crippen molar-refractivity contribution >= 4 is 23.4 Å². The van der Waals surface area contributed by atoms with Crippen LogP contribution in [0.1, 0.15) is 18.4 Å². The third kappa shape index (κ3) is 4.30. The molecule has 0 fully saturated rings. The van der Waals surface area contributed by atoms with Gasteiger partial charge in [-0.1, -0.05) is 41.0 Å². The highest BCUT2D eigenvalue weighted by Gasteiger charge is 2.13. The molecule has 3 rings (SSSR count). The molecular formula is C18H17ClN2O2S. The highest BCUT2D eigenvalue weighted by molar-refractivity contribution is 7.97. The molecule has 0 aliphatic rings. The van der Waals surface area contributed by atoms with E-state index in [9.17, 15) is 0 Å². The molecule has 0 aliphatic heterocycles. The summed E-state index contributed by atoms with van der Waals surface area (Å²) in [5.41, 5.74) is 2.06. The second-order valence-electron chi connectivity index (χ2n) is 5.06. The van der Waals surface area contributed by atoms with Crippen LogP contribution in [0.5, 0.6) is 5.75 Å². The van der Waals surface area contributed by atoms with Gasteiger partial charge < -0.3 is 9.26 Å². The van der Waals surface area contributed by atoms with Gasteiger partial charge in [-0.15, -0.1) is 11.8 Å². The lowest BCUT2D eigenvalue weighted by molar-refractivity contribution is 0.341. The summed E-state index contributed by atoms with van der Waals surface area (Å²) in [5.74, 6) is 3.45. The van der Waals surface area contributed by atoms with Crippen LogP contribution in [0.25, 0.3) is 11.4 Å². The maximum absolute atomic E-state index is 5.89. The number of halogens is 1. The van der Waals surface area contributed by atoms with Crippen molar-refractivity contribution in [3.8, 4) is 17.1 Å². The molecule has 6 heteroatoms. The molecule has 3 aromatic rings. The molecule has 0 atom stereocenters. The molecular weight excluding hydrogens is 344 g/mol. The average Bonchev–Trinajstić information content (AvgIpc) is 3.06. The van der Waals surface area contributed by atoms with E-state index >= 15 is 0 Å². The number of nitrogens with zero attached hydrogens (tertiary/aromatic N) is 2. The zero-order valence-electron chi connectivity index (χ0n) is 13.2. The van der Waals surface area contributed by atoms with Crippen LogP contribution >= 0.6 is 23.4 Å². The summed E-state index contributed by atoms with van der Waals surface area (Å²) in [6.45, 7) is 2.55. The Morgan fingerprint density at radius 3 is 2.67 bits per heavy atom. The second-order valence-corrected chi connectivity index (χ2v) is 6.48. The zero-order chi connectivity index (χ0) is 16.8. The van der Waals surface area contributed by atoms with E-state index in [0.717, 1.165) is 22.1 Å². The van der Waals surface area contributed by atoms with Gasteiger partial charge in [-0.25, -0.2) is 0 Å². The van der Waals surface area contributed by atoms with E-state index in [1.807, 2.05) is 55.5 Å². The number of aromatic nitrogens is 2. The van der Waals surface area contributed by atoms with Gasteiger partial charge in [-0.2, -0.15) is 4.98 Å². The van der Waals surface area contributed by atoms with Crippen LogP contribution in [0, 0.1) is 0 Å². The number of benzene rings is 2. The van der Waals surface area contributed by atoms with Crippen molar-refractivity contribution in [1.82, 2.24) is 10.1 Å².